The summed E-state index contributed by atoms with van der Waals surface area (Å²) in [4.78, 5) is 13.7. The number of aliphatic hydroxyl groups excluding tert-OH is 1. The molecule has 0 bridgehead atoms. The number of carbonyl (C=O) groups is 1. The number of amides is 2. The number of aryl methyl sites for hydroxylation is 1. The van der Waals surface area contributed by atoms with Crippen molar-refractivity contribution in [1.82, 2.24) is 10.2 Å². The highest BCUT2D eigenvalue weighted by Gasteiger charge is 2.20. The van der Waals surface area contributed by atoms with Crippen LogP contribution < -0.4 is 5.32 Å². The van der Waals surface area contributed by atoms with Gasteiger partial charge < -0.3 is 15.3 Å². The summed E-state index contributed by atoms with van der Waals surface area (Å²) >= 11 is 0. The Labute approximate surface area is 128 Å². The third kappa shape index (κ3) is 5.38. The first-order valence-corrected chi connectivity index (χ1v) is 7.63. The number of likely N-dealkylation sites (N-methyl/N-ethyl adjacent to an activating group) is 1. The van der Waals surface area contributed by atoms with E-state index < -0.39 is 6.10 Å². The van der Waals surface area contributed by atoms with Gasteiger partial charge in [0.2, 0.25) is 0 Å². The molecule has 0 aromatic heterocycles. The summed E-state index contributed by atoms with van der Waals surface area (Å²) in [5.41, 5.74) is 2.40. The van der Waals surface area contributed by atoms with Gasteiger partial charge in [-0.1, -0.05) is 45.0 Å². The van der Waals surface area contributed by atoms with Gasteiger partial charge in [0, 0.05) is 13.6 Å². The molecule has 2 N–H and O–H groups in total. The summed E-state index contributed by atoms with van der Waals surface area (Å²) in [6.07, 6.45) is 0.484. The van der Waals surface area contributed by atoms with Crippen LogP contribution in [0.3, 0.4) is 0 Å². The van der Waals surface area contributed by atoms with Crippen LogP contribution in [0.1, 0.15) is 44.9 Å². The van der Waals surface area contributed by atoms with Crippen LogP contribution >= 0.6 is 0 Å². The average Bonchev–Trinajstić information content (AvgIpc) is 2.43. The van der Waals surface area contributed by atoms with Gasteiger partial charge in [-0.05, 0) is 30.4 Å². The predicted octanol–water partition coefficient (Wildman–Crippen LogP) is 2.97. The molecular formula is C17H28N2O2. The number of nitrogens with one attached hydrogen (secondary N) is 1. The number of nitrogens with zero attached hydrogens (tertiary/aromatic N) is 1. The molecule has 1 rings (SSSR count). The highest BCUT2D eigenvalue weighted by molar-refractivity contribution is 5.74. The number of hydrogen-bond acceptors (Lipinski definition) is 2. The fraction of sp³-hybridized carbons (Fsp3) is 0.588. The molecule has 0 saturated heterocycles. The normalized spacial score (nSPS) is 13.9. The summed E-state index contributed by atoms with van der Waals surface area (Å²) in [6.45, 7) is 8.31. The molecular weight excluding hydrogens is 264 g/mol. The first-order chi connectivity index (χ1) is 9.85. The van der Waals surface area contributed by atoms with Crippen LogP contribution in [0.15, 0.2) is 24.3 Å². The van der Waals surface area contributed by atoms with Crippen molar-refractivity contribution in [3.63, 3.8) is 0 Å². The molecule has 2 amide bonds. The van der Waals surface area contributed by atoms with Gasteiger partial charge in [-0.3, -0.25) is 0 Å². The van der Waals surface area contributed by atoms with Crippen molar-refractivity contribution in [3.8, 4) is 0 Å². The van der Waals surface area contributed by atoms with Gasteiger partial charge in [0.15, 0.2) is 0 Å². The SMILES string of the molecule is CCc1ccc(C(NC(=O)N(C)CC(C)O)C(C)C)cc1. The topological polar surface area (TPSA) is 52.6 Å². The lowest BCUT2D eigenvalue weighted by Crippen LogP contribution is -2.43. The Kier molecular flexibility index (Phi) is 6.69. The van der Waals surface area contributed by atoms with E-state index in [1.807, 2.05) is 0 Å². The Hall–Kier alpha value is -1.55. The lowest BCUT2D eigenvalue weighted by atomic mass is 9.95. The minimum Gasteiger partial charge on any atom is -0.392 e. The largest absolute Gasteiger partial charge is 0.392 e. The number of benzene rings is 1. The summed E-state index contributed by atoms with van der Waals surface area (Å²) in [5, 5.41) is 12.4. The minimum absolute atomic E-state index is 0.0279. The van der Waals surface area contributed by atoms with Crippen LogP contribution in [0.2, 0.25) is 0 Å². The minimum atomic E-state index is -0.526. The van der Waals surface area contributed by atoms with Crippen molar-refractivity contribution in [1.29, 1.82) is 0 Å². The third-order valence-corrected chi connectivity index (χ3v) is 3.58. The van der Waals surface area contributed by atoms with Crippen molar-refractivity contribution in [2.45, 2.75) is 46.3 Å². The molecule has 2 unspecified atom stereocenters. The molecule has 21 heavy (non-hydrogen) atoms. The van der Waals surface area contributed by atoms with Crippen LogP contribution in [0.5, 0.6) is 0 Å². The van der Waals surface area contributed by atoms with E-state index in [4.69, 9.17) is 0 Å². The van der Waals surface area contributed by atoms with Gasteiger partial charge >= 0.3 is 6.03 Å². The lowest BCUT2D eigenvalue weighted by Gasteiger charge is -2.27. The lowest BCUT2D eigenvalue weighted by molar-refractivity contribution is 0.141. The number of rotatable bonds is 6. The molecule has 0 fully saturated rings. The fourth-order valence-electron chi connectivity index (χ4n) is 2.32. The molecule has 1 aromatic rings. The van der Waals surface area contributed by atoms with Crippen LogP contribution in [0, 0.1) is 5.92 Å². The van der Waals surface area contributed by atoms with Crippen molar-refractivity contribution < 1.29 is 9.90 Å². The second-order valence-electron chi connectivity index (χ2n) is 6.00. The monoisotopic (exact) mass is 292 g/mol. The first-order valence-electron chi connectivity index (χ1n) is 7.63. The van der Waals surface area contributed by atoms with Gasteiger partial charge in [-0.15, -0.1) is 0 Å². The van der Waals surface area contributed by atoms with E-state index in [0.29, 0.717) is 12.5 Å². The van der Waals surface area contributed by atoms with Crippen LogP contribution in [0.4, 0.5) is 4.79 Å². The quantitative estimate of drug-likeness (QED) is 0.847. The summed E-state index contributed by atoms with van der Waals surface area (Å²) in [5.74, 6) is 0.293. The molecule has 0 aliphatic carbocycles. The van der Waals surface area contributed by atoms with Crippen molar-refractivity contribution in [3.05, 3.63) is 35.4 Å². The summed E-state index contributed by atoms with van der Waals surface area (Å²) < 4.78 is 0. The highest BCUT2D eigenvalue weighted by atomic mass is 16.3. The molecule has 0 spiro atoms. The Balaban J connectivity index is 2.79. The Morgan fingerprint density at radius 3 is 2.24 bits per heavy atom. The van der Waals surface area contributed by atoms with E-state index in [1.165, 1.54) is 10.5 Å². The highest BCUT2D eigenvalue weighted by Crippen LogP contribution is 2.22. The zero-order valence-corrected chi connectivity index (χ0v) is 13.8. The molecule has 0 aliphatic rings. The second kappa shape index (κ2) is 8.03. The van der Waals surface area contributed by atoms with E-state index in [9.17, 15) is 9.90 Å². The van der Waals surface area contributed by atoms with Gasteiger partial charge in [0.1, 0.15) is 0 Å². The molecule has 4 heteroatoms. The smallest absolute Gasteiger partial charge is 0.317 e. The van der Waals surface area contributed by atoms with Crippen molar-refractivity contribution in [2.75, 3.05) is 13.6 Å². The zero-order chi connectivity index (χ0) is 16.0. The van der Waals surface area contributed by atoms with Crippen molar-refractivity contribution in [2.24, 2.45) is 5.92 Å². The molecule has 0 saturated carbocycles. The standard InChI is InChI=1S/C17H28N2O2/c1-6-14-7-9-15(10-8-14)16(12(2)3)18-17(21)19(5)11-13(4)20/h7-10,12-13,16,20H,6,11H2,1-5H3,(H,18,21). The average molecular weight is 292 g/mol. The van der Waals surface area contributed by atoms with Gasteiger partial charge in [-0.2, -0.15) is 0 Å². The Bertz CT molecular complexity index is 441. The van der Waals surface area contributed by atoms with E-state index in [1.54, 1.807) is 14.0 Å². The van der Waals surface area contributed by atoms with E-state index >= 15 is 0 Å². The Morgan fingerprint density at radius 1 is 1.24 bits per heavy atom. The van der Waals surface area contributed by atoms with Gasteiger partial charge in [0.05, 0.1) is 12.1 Å². The number of carbonyl (C=O) groups excluding carboxylic acids is 1. The van der Waals surface area contributed by atoms with Gasteiger partial charge in [0.25, 0.3) is 0 Å². The maximum absolute atomic E-state index is 12.2. The van der Waals surface area contributed by atoms with Crippen LogP contribution in [0.25, 0.3) is 0 Å². The number of hydrogen-bond donors (Lipinski definition) is 2. The fourth-order valence-corrected chi connectivity index (χ4v) is 2.32. The van der Waals surface area contributed by atoms with E-state index in [-0.39, 0.29) is 12.1 Å². The summed E-state index contributed by atoms with van der Waals surface area (Å²) in [6, 6.07) is 8.19. The number of urea groups is 1. The maximum atomic E-state index is 12.2. The third-order valence-electron chi connectivity index (χ3n) is 3.58. The Morgan fingerprint density at radius 2 is 1.81 bits per heavy atom. The molecule has 118 valence electrons. The first kappa shape index (κ1) is 17.5. The van der Waals surface area contributed by atoms with Crippen molar-refractivity contribution >= 4 is 6.03 Å². The molecule has 2 atom stereocenters. The van der Waals surface area contributed by atoms with Gasteiger partial charge in [-0.25, -0.2) is 4.79 Å². The molecule has 1 aromatic carbocycles. The molecule has 0 radical (unpaired) electrons. The molecule has 4 nitrogen and oxygen atoms in total. The van der Waals surface area contributed by atoms with E-state index in [2.05, 4.69) is 50.4 Å². The van der Waals surface area contributed by atoms with E-state index in [0.717, 1.165) is 12.0 Å². The van der Waals surface area contributed by atoms with Crippen LogP contribution in [-0.2, 0) is 6.42 Å². The molecule has 0 aliphatic heterocycles. The summed E-state index contributed by atoms with van der Waals surface area (Å²) in [7, 11) is 1.69. The molecule has 0 heterocycles. The maximum Gasteiger partial charge on any atom is 0.317 e. The number of aliphatic hydroxyl groups is 1. The zero-order valence-electron chi connectivity index (χ0n) is 13.8. The second-order valence-corrected chi connectivity index (χ2v) is 6.00. The van der Waals surface area contributed by atoms with Crippen LogP contribution in [-0.4, -0.2) is 35.7 Å². The predicted molar refractivity (Wildman–Crippen MR) is 86.2 cm³/mol.